The van der Waals surface area contributed by atoms with E-state index in [2.05, 4.69) is 43.7 Å². The van der Waals surface area contributed by atoms with E-state index in [-0.39, 0.29) is 6.04 Å². The summed E-state index contributed by atoms with van der Waals surface area (Å²) in [4.78, 5) is 25.3. The highest BCUT2D eigenvalue weighted by Gasteiger charge is 2.44. The molecule has 0 saturated heterocycles. The van der Waals surface area contributed by atoms with E-state index in [0.29, 0.717) is 55.2 Å². The van der Waals surface area contributed by atoms with Crippen LogP contribution < -0.4 is 27.8 Å². The molecule has 8 heteroatoms. The molecule has 0 saturated carbocycles. The number of hydrogen-bond donors (Lipinski definition) is 5. The lowest BCUT2D eigenvalue weighted by atomic mass is 9.69. The van der Waals surface area contributed by atoms with Crippen LogP contribution in [0.4, 0.5) is 0 Å². The van der Waals surface area contributed by atoms with E-state index in [1.165, 1.54) is 0 Å². The molecule has 2 amide bonds. The van der Waals surface area contributed by atoms with Gasteiger partial charge in [-0.25, -0.2) is 0 Å². The average molecular weight is 529 g/mol. The SMILES string of the molecule is C=C(CNCCC1(C(N)=O)c2ccc(C(=C)N)cc2CCc2cc(C(N)=O)ccc21)NC(C#N)C[C@@H](C)CC. The fourth-order valence-electron chi connectivity index (χ4n) is 5.38. The summed E-state index contributed by atoms with van der Waals surface area (Å²) in [5.41, 5.74) is 22.4. The van der Waals surface area contributed by atoms with Crippen LogP contribution in [0.5, 0.6) is 0 Å². The Morgan fingerprint density at radius 1 is 1.05 bits per heavy atom. The third kappa shape index (κ3) is 6.50. The molecule has 0 spiro atoms. The van der Waals surface area contributed by atoms with Crippen molar-refractivity contribution in [3.8, 4) is 6.07 Å². The van der Waals surface area contributed by atoms with Gasteiger partial charge >= 0.3 is 0 Å². The van der Waals surface area contributed by atoms with Crippen LogP contribution in [-0.4, -0.2) is 30.9 Å². The second-order valence-electron chi connectivity index (χ2n) is 10.5. The van der Waals surface area contributed by atoms with Crippen LogP contribution in [0.15, 0.2) is 55.3 Å². The number of amides is 2. The number of carbonyl (C=O) groups is 2. The van der Waals surface area contributed by atoms with E-state index < -0.39 is 17.2 Å². The highest BCUT2D eigenvalue weighted by atomic mass is 16.1. The first kappa shape index (κ1) is 29.5. The van der Waals surface area contributed by atoms with Gasteiger partial charge in [-0.3, -0.25) is 9.59 Å². The number of nitriles is 1. The third-order valence-electron chi connectivity index (χ3n) is 7.75. The van der Waals surface area contributed by atoms with Crippen LogP contribution in [0.2, 0.25) is 0 Å². The number of nitrogens with one attached hydrogen (secondary N) is 2. The van der Waals surface area contributed by atoms with Crippen LogP contribution in [0.1, 0.15) is 71.3 Å². The summed E-state index contributed by atoms with van der Waals surface area (Å²) in [7, 11) is 0. The molecule has 0 heterocycles. The average Bonchev–Trinajstić information content (AvgIpc) is 3.04. The number of hydrogen-bond acceptors (Lipinski definition) is 6. The van der Waals surface area contributed by atoms with Crippen molar-refractivity contribution in [1.82, 2.24) is 10.6 Å². The van der Waals surface area contributed by atoms with Gasteiger partial charge in [-0.05, 0) is 84.2 Å². The van der Waals surface area contributed by atoms with Gasteiger partial charge in [0.15, 0.2) is 0 Å². The molecule has 0 radical (unpaired) electrons. The van der Waals surface area contributed by atoms with Crippen molar-refractivity contribution >= 4 is 17.5 Å². The van der Waals surface area contributed by atoms with E-state index in [1.807, 2.05) is 18.2 Å². The lowest BCUT2D eigenvalue weighted by Crippen LogP contribution is -2.45. The van der Waals surface area contributed by atoms with Gasteiger partial charge in [0.05, 0.1) is 6.07 Å². The predicted octanol–water partition coefficient (Wildman–Crippen LogP) is 3.00. The summed E-state index contributed by atoms with van der Waals surface area (Å²) in [5, 5.41) is 16.1. The van der Waals surface area contributed by atoms with E-state index in [1.54, 1.807) is 18.2 Å². The minimum absolute atomic E-state index is 0.308. The maximum Gasteiger partial charge on any atom is 0.248 e. The molecule has 8 N–H and O–H groups in total. The summed E-state index contributed by atoms with van der Waals surface area (Å²) < 4.78 is 0. The van der Waals surface area contributed by atoms with Crippen molar-refractivity contribution in [2.75, 3.05) is 13.1 Å². The van der Waals surface area contributed by atoms with Gasteiger partial charge in [-0.2, -0.15) is 5.26 Å². The van der Waals surface area contributed by atoms with Crippen LogP contribution in [0.25, 0.3) is 5.70 Å². The maximum atomic E-state index is 13.4. The standard InChI is InChI=1S/C31H40N6O2/c1-5-19(2)14-26(17-32)37-20(3)18-36-13-12-31(30(35)39)27-10-8-22(21(4)33)15-23(27)6-7-24-16-25(29(34)38)9-11-28(24)31/h8-11,15-16,19,26,36-37H,3-7,12-14,18,33H2,1-2H3,(H2,34,38)(H2,35,39)/t19-,26?,31?/m0/s1. The number of nitrogens with two attached hydrogens (primary N) is 3. The quantitative estimate of drug-likeness (QED) is 0.251. The number of primary amides is 2. The Morgan fingerprint density at radius 3 is 2.15 bits per heavy atom. The molecule has 0 aromatic heterocycles. The van der Waals surface area contributed by atoms with Gasteiger partial charge in [0.2, 0.25) is 11.8 Å². The number of fused-ring (bicyclic) bond motifs is 2. The molecule has 206 valence electrons. The largest absolute Gasteiger partial charge is 0.399 e. The first-order valence-corrected chi connectivity index (χ1v) is 13.4. The Labute approximate surface area is 231 Å². The van der Waals surface area contributed by atoms with Crippen molar-refractivity contribution in [3.63, 3.8) is 0 Å². The van der Waals surface area contributed by atoms with Crippen LogP contribution in [-0.2, 0) is 23.1 Å². The molecule has 1 aliphatic carbocycles. The van der Waals surface area contributed by atoms with Crippen molar-refractivity contribution in [3.05, 3.63) is 88.6 Å². The Hall–Kier alpha value is -4.09. The number of rotatable bonds is 13. The summed E-state index contributed by atoms with van der Waals surface area (Å²) in [5.74, 6) is -0.571. The number of aryl methyl sites for hydroxylation is 2. The zero-order valence-electron chi connectivity index (χ0n) is 23.0. The zero-order chi connectivity index (χ0) is 28.7. The number of benzene rings is 2. The summed E-state index contributed by atoms with van der Waals surface area (Å²) >= 11 is 0. The first-order valence-electron chi connectivity index (χ1n) is 13.4. The Balaban J connectivity index is 1.91. The van der Waals surface area contributed by atoms with Gasteiger partial charge in [-0.1, -0.05) is 51.6 Å². The molecule has 2 aromatic carbocycles. The highest BCUT2D eigenvalue weighted by Crippen LogP contribution is 2.43. The molecule has 3 atom stereocenters. The van der Waals surface area contributed by atoms with Crippen molar-refractivity contribution < 1.29 is 9.59 Å². The molecule has 0 fully saturated rings. The smallest absolute Gasteiger partial charge is 0.248 e. The topological polar surface area (TPSA) is 160 Å². The highest BCUT2D eigenvalue weighted by molar-refractivity contribution is 5.95. The number of nitrogens with zero attached hydrogens (tertiary/aromatic N) is 1. The maximum absolute atomic E-state index is 13.4. The van der Waals surface area contributed by atoms with Gasteiger partial charge in [0.1, 0.15) is 11.5 Å². The molecule has 0 aliphatic heterocycles. The van der Waals surface area contributed by atoms with E-state index >= 15 is 0 Å². The third-order valence-corrected chi connectivity index (χ3v) is 7.75. The lowest BCUT2D eigenvalue weighted by Gasteiger charge is -2.34. The van der Waals surface area contributed by atoms with Crippen molar-refractivity contribution in [1.29, 1.82) is 5.26 Å². The van der Waals surface area contributed by atoms with Crippen molar-refractivity contribution in [2.24, 2.45) is 23.1 Å². The monoisotopic (exact) mass is 528 g/mol. The normalized spacial score (nSPS) is 17.5. The van der Waals surface area contributed by atoms with Gasteiger partial charge in [0, 0.05) is 23.5 Å². The number of carbonyl (C=O) groups excluding carboxylic acids is 2. The van der Waals surface area contributed by atoms with E-state index in [0.717, 1.165) is 40.7 Å². The van der Waals surface area contributed by atoms with Crippen LogP contribution in [0, 0.1) is 17.2 Å². The molecule has 3 rings (SSSR count). The Morgan fingerprint density at radius 2 is 1.64 bits per heavy atom. The summed E-state index contributed by atoms with van der Waals surface area (Å²) in [6.45, 7) is 13.0. The lowest BCUT2D eigenvalue weighted by molar-refractivity contribution is -0.122. The van der Waals surface area contributed by atoms with Gasteiger partial charge in [-0.15, -0.1) is 0 Å². The summed E-state index contributed by atoms with van der Waals surface area (Å²) in [6.07, 6.45) is 3.38. The first-order chi connectivity index (χ1) is 18.5. The van der Waals surface area contributed by atoms with Crippen LogP contribution >= 0.6 is 0 Å². The molecule has 8 nitrogen and oxygen atoms in total. The molecular formula is C31H40N6O2. The Bertz CT molecular complexity index is 1240. The molecule has 2 unspecified atom stereocenters. The fraction of sp³-hybridized carbons (Fsp3) is 0.387. The predicted molar refractivity (Wildman–Crippen MR) is 155 cm³/mol. The second kappa shape index (κ2) is 12.6. The fourth-order valence-corrected chi connectivity index (χ4v) is 5.38. The summed E-state index contributed by atoms with van der Waals surface area (Å²) in [6, 6.07) is 13.0. The van der Waals surface area contributed by atoms with E-state index in [4.69, 9.17) is 17.2 Å². The van der Waals surface area contributed by atoms with Gasteiger partial charge < -0.3 is 27.8 Å². The Kier molecular flexibility index (Phi) is 9.55. The van der Waals surface area contributed by atoms with Crippen molar-refractivity contribution in [2.45, 2.75) is 57.4 Å². The minimum atomic E-state index is -1.14. The van der Waals surface area contributed by atoms with Gasteiger partial charge in [0.25, 0.3) is 0 Å². The molecular weight excluding hydrogens is 488 g/mol. The molecule has 39 heavy (non-hydrogen) atoms. The molecule has 1 aliphatic rings. The molecule has 2 aromatic rings. The van der Waals surface area contributed by atoms with Crippen LogP contribution in [0.3, 0.4) is 0 Å². The zero-order valence-corrected chi connectivity index (χ0v) is 23.0. The molecule has 0 bridgehead atoms. The minimum Gasteiger partial charge on any atom is -0.399 e. The van der Waals surface area contributed by atoms with E-state index in [9.17, 15) is 14.9 Å². The second-order valence-corrected chi connectivity index (χ2v) is 10.5.